The Morgan fingerprint density at radius 2 is 1.96 bits per heavy atom. The minimum Gasteiger partial charge on any atom is -0.381 e. The predicted octanol–water partition coefficient (Wildman–Crippen LogP) is 1.21. The zero-order valence-corrected chi connectivity index (χ0v) is 14.0. The van der Waals surface area contributed by atoms with E-state index in [0.717, 1.165) is 16.8 Å². The smallest absolute Gasteiger partial charge is 0.243 e. The zero-order chi connectivity index (χ0) is 17.0. The highest BCUT2D eigenvalue weighted by molar-refractivity contribution is 5.96. The van der Waals surface area contributed by atoms with Crippen LogP contribution in [0.3, 0.4) is 0 Å². The summed E-state index contributed by atoms with van der Waals surface area (Å²) >= 11 is 0. The molecule has 1 heterocycles. The molecule has 0 atom stereocenters. The van der Waals surface area contributed by atoms with Gasteiger partial charge in [-0.05, 0) is 43.9 Å². The molecule has 3 N–H and O–H groups in total. The first-order valence-corrected chi connectivity index (χ1v) is 7.82. The molecule has 6 heteroatoms. The second kappa shape index (κ2) is 7.10. The number of benzene rings is 1. The van der Waals surface area contributed by atoms with Gasteiger partial charge in [-0.15, -0.1) is 0 Å². The zero-order valence-electron chi connectivity index (χ0n) is 14.0. The summed E-state index contributed by atoms with van der Waals surface area (Å²) in [6.07, 6.45) is 0.962. The molecule has 0 radical (unpaired) electrons. The Kier molecular flexibility index (Phi) is 5.38. The number of hydrogen-bond acceptors (Lipinski definition) is 4. The summed E-state index contributed by atoms with van der Waals surface area (Å²) in [5.41, 5.74) is 8.15. The number of carbonyl (C=O) groups excluding carboxylic acids is 2. The molecule has 0 unspecified atom stereocenters. The summed E-state index contributed by atoms with van der Waals surface area (Å²) in [6.45, 7) is 4.88. The molecule has 1 aliphatic rings. The Balaban J connectivity index is 1.96. The van der Waals surface area contributed by atoms with E-state index in [0.29, 0.717) is 26.1 Å². The second-order valence-electron chi connectivity index (χ2n) is 6.23. The van der Waals surface area contributed by atoms with Crippen molar-refractivity contribution >= 4 is 17.5 Å². The molecule has 0 spiro atoms. The van der Waals surface area contributed by atoms with Gasteiger partial charge in [0.15, 0.2) is 0 Å². The normalized spacial score (nSPS) is 16.7. The fourth-order valence-corrected chi connectivity index (χ4v) is 2.69. The van der Waals surface area contributed by atoms with E-state index in [1.54, 1.807) is 7.05 Å². The summed E-state index contributed by atoms with van der Waals surface area (Å²) in [5.74, 6) is -0.442. The first-order valence-electron chi connectivity index (χ1n) is 7.82. The van der Waals surface area contributed by atoms with Crippen molar-refractivity contribution in [1.82, 2.24) is 4.90 Å². The van der Waals surface area contributed by atoms with Crippen LogP contribution >= 0.6 is 0 Å². The van der Waals surface area contributed by atoms with Crippen LogP contribution in [0.25, 0.3) is 0 Å². The maximum Gasteiger partial charge on any atom is 0.243 e. The van der Waals surface area contributed by atoms with Gasteiger partial charge in [0, 0.05) is 25.9 Å². The summed E-state index contributed by atoms with van der Waals surface area (Å²) in [4.78, 5) is 26.1. The van der Waals surface area contributed by atoms with Crippen LogP contribution in [0.4, 0.5) is 5.69 Å². The largest absolute Gasteiger partial charge is 0.381 e. The predicted molar refractivity (Wildman–Crippen MR) is 89.2 cm³/mol. The van der Waals surface area contributed by atoms with Crippen molar-refractivity contribution in [1.29, 1.82) is 0 Å². The number of carbonyl (C=O) groups is 2. The molecule has 0 saturated carbocycles. The van der Waals surface area contributed by atoms with Gasteiger partial charge >= 0.3 is 0 Å². The molecule has 0 bridgehead atoms. The lowest BCUT2D eigenvalue weighted by molar-refractivity contribution is -0.141. The van der Waals surface area contributed by atoms with Crippen LogP contribution in [-0.4, -0.2) is 49.1 Å². The van der Waals surface area contributed by atoms with Crippen molar-refractivity contribution in [3.63, 3.8) is 0 Å². The van der Waals surface area contributed by atoms with Gasteiger partial charge in [0.1, 0.15) is 0 Å². The molecular weight excluding hydrogens is 294 g/mol. The number of amides is 2. The molecule has 0 aromatic heterocycles. The minimum absolute atomic E-state index is 0.0218. The van der Waals surface area contributed by atoms with Gasteiger partial charge in [0.25, 0.3) is 0 Å². The number of anilines is 1. The van der Waals surface area contributed by atoms with Gasteiger partial charge in [-0.2, -0.15) is 0 Å². The van der Waals surface area contributed by atoms with Crippen LogP contribution in [-0.2, 0) is 14.3 Å². The topological polar surface area (TPSA) is 84.7 Å². The third kappa shape index (κ3) is 4.09. The Bertz CT molecular complexity index is 595. The lowest BCUT2D eigenvalue weighted by Gasteiger charge is -2.35. The van der Waals surface area contributed by atoms with Gasteiger partial charge in [-0.3, -0.25) is 9.59 Å². The van der Waals surface area contributed by atoms with Gasteiger partial charge in [-0.25, -0.2) is 0 Å². The molecule has 1 fully saturated rings. The average molecular weight is 319 g/mol. The first-order chi connectivity index (χ1) is 10.8. The molecule has 126 valence electrons. The highest BCUT2D eigenvalue weighted by atomic mass is 16.5. The fraction of sp³-hybridized carbons (Fsp3) is 0.529. The van der Waals surface area contributed by atoms with Gasteiger partial charge in [-0.1, -0.05) is 12.1 Å². The van der Waals surface area contributed by atoms with Gasteiger partial charge in [0.05, 0.1) is 12.1 Å². The van der Waals surface area contributed by atoms with Crippen LogP contribution < -0.4 is 11.1 Å². The lowest BCUT2D eigenvalue weighted by Crippen LogP contribution is -2.58. The van der Waals surface area contributed by atoms with E-state index in [9.17, 15) is 9.59 Å². The Morgan fingerprint density at radius 1 is 1.30 bits per heavy atom. The summed E-state index contributed by atoms with van der Waals surface area (Å²) in [6, 6.07) is 5.73. The number of nitrogens with zero attached hydrogens (tertiary/aromatic N) is 1. The van der Waals surface area contributed by atoms with Gasteiger partial charge < -0.3 is 20.7 Å². The number of hydrogen-bond donors (Lipinski definition) is 2. The molecule has 6 nitrogen and oxygen atoms in total. The highest BCUT2D eigenvalue weighted by Crippen LogP contribution is 2.20. The van der Waals surface area contributed by atoms with Crippen molar-refractivity contribution in [3.05, 3.63) is 29.3 Å². The summed E-state index contributed by atoms with van der Waals surface area (Å²) in [7, 11) is 1.61. The van der Waals surface area contributed by atoms with E-state index in [4.69, 9.17) is 10.5 Å². The van der Waals surface area contributed by atoms with Crippen molar-refractivity contribution < 1.29 is 14.3 Å². The van der Waals surface area contributed by atoms with Crippen LogP contribution in [0, 0.1) is 13.8 Å². The molecule has 0 aliphatic carbocycles. The van der Waals surface area contributed by atoms with Crippen LogP contribution in [0.5, 0.6) is 0 Å². The van der Waals surface area contributed by atoms with Crippen molar-refractivity contribution in [3.8, 4) is 0 Å². The molecule has 2 rings (SSSR count). The maximum atomic E-state index is 12.5. The number of nitrogens with one attached hydrogen (secondary N) is 1. The average Bonchev–Trinajstić information content (AvgIpc) is 2.51. The lowest BCUT2D eigenvalue weighted by atomic mass is 9.90. The van der Waals surface area contributed by atoms with E-state index >= 15 is 0 Å². The SMILES string of the molecule is Cc1cccc(NC(=O)CN(C)C(=O)C2(N)CCOCC2)c1C. The van der Waals surface area contributed by atoms with E-state index in [-0.39, 0.29) is 18.4 Å². The number of likely N-dealkylation sites (N-methyl/N-ethyl adjacent to an activating group) is 1. The summed E-state index contributed by atoms with van der Waals surface area (Å²) in [5, 5.41) is 2.85. The molecule has 1 aromatic carbocycles. The van der Waals surface area contributed by atoms with Crippen LogP contribution in [0.2, 0.25) is 0 Å². The Hall–Kier alpha value is -1.92. The quantitative estimate of drug-likeness (QED) is 0.873. The molecule has 2 amide bonds. The van der Waals surface area contributed by atoms with Crippen LogP contribution in [0.1, 0.15) is 24.0 Å². The van der Waals surface area contributed by atoms with E-state index in [2.05, 4.69) is 5.32 Å². The molecule has 1 aromatic rings. The Labute approximate surface area is 137 Å². The van der Waals surface area contributed by atoms with E-state index in [1.165, 1.54) is 4.90 Å². The monoisotopic (exact) mass is 319 g/mol. The third-order valence-electron chi connectivity index (χ3n) is 4.42. The van der Waals surface area contributed by atoms with Crippen molar-refractivity contribution in [2.75, 3.05) is 32.1 Å². The highest BCUT2D eigenvalue weighted by Gasteiger charge is 2.38. The number of nitrogens with two attached hydrogens (primary N) is 1. The van der Waals surface area contributed by atoms with Gasteiger partial charge in [0.2, 0.25) is 11.8 Å². The number of ether oxygens (including phenoxy) is 1. The maximum absolute atomic E-state index is 12.5. The minimum atomic E-state index is -0.924. The first kappa shape index (κ1) is 17.4. The van der Waals surface area contributed by atoms with Crippen molar-refractivity contribution in [2.24, 2.45) is 5.73 Å². The summed E-state index contributed by atoms with van der Waals surface area (Å²) < 4.78 is 5.25. The molecule has 1 aliphatic heterocycles. The standard InChI is InChI=1S/C17H25N3O3/c1-12-5-4-6-14(13(12)2)19-15(21)11-20(3)16(22)17(18)7-9-23-10-8-17/h4-6H,7-11,18H2,1-3H3,(H,19,21). The van der Waals surface area contributed by atoms with Crippen LogP contribution in [0.15, 0.2) is 18.2 Å². The molecule has 23 heavy (non-hydrogen) atoms. The van der Waals surface area contributed by atoms with Crippen molar-refractivity contribution in [2.45, 2.75) is 32.2 Å². The fourth-order valence-electron chi connectivity index (χ4n) is 2.69. The Morgan fingerprint density at radius 3 is 2.61 bits per heavy atom. The number of rotatable bonds is 4. The second-order valence-corrected chi connectivity index (χ2v) is 6.23. The molecular formula is C17H25N3O3. The van der Waals surface area contributed by atoms with E-state index in [1.807, 2.05) is 32.0 Å². The number of aryl methyl sites for hydroxylation is 1. The molecule has 1 saturated heterocycles. The third-order valence-corrected chi connectivity index (χ3v) is 4.42. The van der Waals surface area contributed by atoms with E-state index < -0.39 is 5.54 Å².